The number of rotatable bonds is 7. The number of nitrogens with zero attached hydrogens (tertiary/aromatic N) is 2. The van der Waals surface area contributed by atoms with Crippen LogP contribution < -0.4 is 4.74 Å². The van der Waals surface area contributed by atoms with Crippen LogP contribution in [0.15, 0.2) is 16.5 Å². The van der Waals surface area contributed by atoms with E-state index in [-0.39, 0.29) is 0 Å². The Morgan fingerprint density at radius 3 is 2.35 bits per heavy atom. The van der Waals surface area contributed by atoms with E-state index >= 15 is 0 Å². The SMILES string of the molecule is COc1ccc(-c2nc(CN(C)C(C3CC3)C3CC3)c(C)o2)c(C)c1C. The fourth-order valence-corrected chi connectivity index (χ4v) is 4.26. The zero-order valence-electron chi connectivity index (χ0n) is 16.6. The molecule has 0 atom stereocenters. The van der Waals surface area contributed by atoms with E-state index in [2.05, 4.69) is 31.9 Å². The van der Waals surface area contributed by atoms with Gasteiger partial charge in [0.2, 0.25) is 5.89 Å². The van der Waals surface area contributed by atoms with Crippen LogP contribution in [0.3, 0.4) is 0 Å². The Hall–Kier alpha value is -1.81. The Balaban J connectivity index is 1.57. The molecule has 140 valence electrons. The number of ether oxygens (including phenoxy) is 1. The van der Waals surface area contributed by atoms with Gasteiger partial charge in [0.1, 0.15) is 11.5 Å². The third-order valence-corrected chi connectivity index (χ3v) is 6.20. The highest BCUT2D eigenvalue weighted by Gasteiger charge is 2.43. The smallest absolute Gasteiger partial charge is 0.226 e. The van der Waals surface area contributed by atoms with Crippen LogP contribution in [0.2, 0.25) is 0 Å². The number of methoxy groups -OCH3 is 1. The molecular weight excluding hydrogens is 324 g/mol. The summed E-state index contributed by atoms with van der Waals surface area (Å²) in [6, 6.07) is 4.79. The largest absolute Gasteiger partial charge is 0.496 e. The van der Waals surface area contributed by atoms with Crippen LogP contribution in [-0.2, 0) is 6.54 Å². The molecule has 2 saturated carbocycles. The Labute approximate surface area is 156 Å². The molecule has 4 rings (SSSR count). The first kappa shape index (κ1) is 17.6. The summed E-state index contributed by atoms with van der Waals surface area (Å²) in [6.07, 6.45) is 5.61. The molecule has 0 radical (unpaired) electrons. The van der Waals surface area contributed by atoms with E-state index in [0.29, 0.717) is 0 Å². The summed E-state index contributed by atoms with van der Waals surface area (Å²) in [6.45, 7) is 7.10. The van der Waals surface area contributed by atoms with Gasteiger partial charge >= 0.3 is 0 Å². The topological polar surface area (TPSA) is 38.5 Å². The zero-order valence-corrected chi connectivity index (χ0v) is 16.6. The van der Waals surface area contributed by atoms with Gasteiger partial charge in [0.25, 0.3) is 0 Å². The summed E-state index contributed by atoms with van der Waals surface area (Å²) in [5.74, 6) is 4.39. The summed E-state index contributed by atoms with van der Waals surface area (Å²) in [5.41, 5.74) is 4.43. The van der Waals surface area contributed by atoms with E-state index in [1.807, 2.05) is 13.0 Å². The third-order valence-electron chi connectivity index (χ3n) is 6.20. The number of oxazole rings is 1. The monoisotopic (exact) mass is 354 g/mol. The van der Waals surface area contributed by atoms with Crippen LogP contribution in [-0.4, -0.2) is 30.1 Å². The summed E-state index contributed by atoms with van der Waals surface area (Å²) in [5, 5.41) is 0. The Bertz CT molecular complexity index is 791. The van der Waals surface area contributed by atoms with Crippen molar-refractivity contribution in [2.45, 2.75) is 59.0 Å². The molecule has 0 spiro atoms. The molecule has 0 N–H and O–H groups in total. The number of hydrogen-bond donors (Lipinski definition) is 0. The molecular formula is C22H30N2O2. The Morgan fingerprint density at radius 2 is 1.77 bits per heavy atom. The molecule has 4 nitrogen and oxygen atoms in total. The van der Waals surface area contributed by atoms with Gasteiger partial charge in [-0.3, -0.25) is 4.90 Å². The van der Waals surface area contributed by atoms with Crippen LogP contribution in [0, 0.1) is 32.6 Å². The van der Waals surface area contributed by atoms with E-state index in [4.69, 9.17) is 14.1 Å². The van der Waals surface area contributed by atoms with E-state index in [9.17, 15) is 0 Å². The van der Waals surface area contributed by atoms with Crippen LogP contribution >= 0.6 is 0 Å². The van der Waals surface area contributed by atoms with Gasteiger partial charge in [0, 0.05) is 18.2 Å². The summed E-state index contributed by atoms with van der Waals surface area (Å²) in [7, 11) is 3.97. The normalized spacial score (nSPS) is 17.3. The van der Waals surface area contributed by atoms with E-state index in [1.165, 1.54) is 31.2 Å². The quantitative estimate of drug-likeness (QED) is 0.709. The molecule has 0 bridgehead atoms. The molecule has 0 unspecified atom stereocenters. The van der Waals surface area contributed by atoms with Crippen LogP contribution in [0.1, 0.15) is 48.3 Å². The first-order valence-corrected chi connectivity index (χ1v) is 9.80. The highest BCUT2D eigenvalue weighted by atomic mass is 16.5. The second-order valence-corrected chi connectivity index (χ2v) is 8.17. The molecule has 2 aromatic rings. The van der Waals surface area contributed by atoms with Crippen molar-refractivity contribution in [2.75, 3.05) is 14.2 Å². The third kappa shape index (κ3) is 3.27. The van der Waals surface area contributed by atoms with Gasteiger partial charge in [-0.2, -0.15) is 0 Å². The maximum absolute atomic E-state index is 6.06. The molecule has 2 fully saturated rings. The average Bonchev–Trinajstić information content (AvgIpc) is 3.53. The number of aromatic nitrogens is 1. The van der Waals surface area contributed by atoms with Gasteiger partial charge in [-0.25, -0.2) is 4.98 Å². The van der Waals surface area contributed by atoms with Crippen molar-refractivity contribution in [3.05, 3.63) is 34.7 Å². The first-order valence-electron chi connectivity index (χ1n) is 9.80. The molecule has 1 heterocycles. The van der Waals surface area contributed by atoms with Crippen molar-refractivity contribution < 1.29 is 9.15 Å². The van der Waals surface area contributed by atoms with E-state index < -0.39 is 0 Å². The summed E-state index contributed by atoms with van der Waals surface area (Å²) >= 11 is 0. The molecule has 2 aliphatic carbocycles. The lowest BCUT2D eigenvalue weighted by molar-refractivity contribution is 0.184. The van der Waals surface area contributed by atoms with Crippen molar-refractivity contribution in [3.8, 4) is 17.2 Å². The molecule has 4 heteroatoms. The molecule has 1 aromatic heterocycles. The fourth-order valence-electron chi connectivity index (χ4n) is 4.26. The Kier molecular flexibility index (Phi) is 4.55. The van der Waals surface area contributed by atoms with Gasteiger partial charge < -0.3 is 9.15 Å². The van der Waals surface area contributed by atoms with Crippen molar-refractivity contribution in [2.24, 2.45) is 11.8 Å². The fraction of sp³-hybridized carbons (Fsp3) is 0.591. The minimum atomic E-state index is 0.726. The van der Waals surface area contributed by atoms with E-state index in [1.54, 1.807) is 7.11 Å². The van der Waals surface area contributed by atoms with Crippen molar-refractivity contribution in [3.63, 3.8) is 0 Å². The van der Waals surface area contributed by atoms with Crippen LogP contribution in [0.5, 0.6) is 5.75 Å². The average molecular weight is 354 g/mol. The predicted octanol–water partition coefficient (Wildman–Crippen LogP) is 4.90. The van der Waals surface area contributed by atoms with Crippen molar-refractivity contribution in [1.82, 2.24) is 9.88 Å². The lowest BCUT2D eigenvalue weighted by atomic mass is 10.0. The van der Waals surface area contributed by atoms with Gasteiger partial charge in [-0.1, -0.05) is 0 Å². The second-order valence-electron chi connectivity index (χ2n) is 8.17. The first-order chi connectivity index (χ1) is 12.5. The minimum absolute atomic E-state index is 0.726. The molecule has 2 aliphatic rings. The summed E-state index contributed by atoms with van der Waals surface area (Å²) < 4.78 is 11.5. The molecule has 1 aromatic carbocycles. The van der Waals surface area contributed by atoms with Gasteiger partial charge in [-0.05, 0) is 88.6 Å². The zero-order chi connectivity index (χ0) is 18.4. The van der Waals surface area contributed by atoms with Crippen molar-refractivity contribution >= 4 is 0 Å². The van der Waals surface area contributed by atoms with Crippen molar-refractivity contribution in [1.29, 1.82) is 0 Å². The van der Waals surface area contributed by atoms with Crippen LogP contribution in [0.4, 0.5) is 0 Å². The number of hydrogen-bond acceptors (Lipinski definition) is 4. The standard InChI is InChI=1S/C22H30N2O2/c1-13-14(2)20(25-5)11-10-18(13)22-23-19(15(3)26-22)12-24(4)21(16-6-7-16)17-8-9-17/h10-11,16-17,21H,6-9,12H2,1-5H3. The predicted molar refractivity (Wildman–Crippen MR) is 103 cm³/mol. The molecule has 0 saturated heterocycles. The minimum Gasteiger partial charge on any atom is -0.496 e. The lowest BCUT2D eigenvalue weighted by Gasteiger charge is -2.27. The van der Waals surface area contributed by atoms with E-state index in [0.717, 1.165) is 58.6 Å². The molecule has 0 aliphatic heterocycles. The number of benzene rings is 1. The molecule has 26 heavy (non-hydrogen) atoms. The van der Waals surface area contributed by atoms with Crippen LogP contribution in [0.25, 0.3) is 11.5 Å². The van der Waals surface area contributed by atoms with Gasteiger partial charge in [0.15, 0.2) is 0 Å². The Morgan fingerprint density at radius 1 is 1.12 bits per heavy atom. The maximum atomic E-state index is 6.06. The lowest BCUT2D eigenvalue weighted by Crippen LogP contribution is -2.35. The summed E-state index contributed by atoms with van der Waals surface area (Å²) in [4.78, 5) is 7.39. The highest BCUT2D eigenvalue weighted by Crippen LogP contribution is 2.47. The maximum Gasteiger partial charge on any atom is 0.226 e. The second kappa shape index (κ2) is 6.73. The molecule has 0 amide bonds. The van der Waals surface area contributed by atoms with Gasteiger partial charge in [0.05, 0.1) is 12.8 Å². The highest BCUT2D eigenvalue weighted by molar-refractivity contribution is 5.63. The number of aryl methyl sites for hydroxylation is 1. The van der Waals surface area contributed by atoms with Gasteiger partial charge in [-0.15, -0.1) is 0 Å².